The van der Waals surface area contributed by atoms with Crippen LogP contribution in [0.3, 0.4) is 0 Å². The fourth-order valence-corrected chi connectivity index (χ4v) is 4.15. The Morgan fingerprint density at radius 1 is 1.00 bits per heavy atom. The van der Waals surface area contributed by atoms with Crippen molar-refractivity contribution in [3.8, 4) is 5.75 Å². The maximum absolute atomic E-state index is 12.9. The summed E-state index contributed by atoms with van der Waals surface area (Å²) < 4.78 is 35.2. The summed E-state index contributed by atoms with van der Waals surface area (Å²) in [5.74, 6) is -1.11. The van der Waals surface area contributed by atoms with Crippen molar-refractivity contribution in [2.75, 3.05) is 13.7 Å². The Kier molecular flexibility index (Phi) is 5.33. The molecule has 3 aliphatic rings. The second-order valence-corrected chi connectivity index (χ2v) is 8.44. The second kappa shape index (κ2) is 7.52. The minimum atomic E-state index is -0.849. The topological polar surface area (TPSA) is 84.5 Å². The highest BCUT2D eigenvalue weighted by Gasteiger charge is 2.62. The number of nitrogens with one attached hydrogen (secondary N) is 1. The van der Waals surface area contributed by atoms with E-state index in [0.29, 0.717) is 13.0 Å². The van der Waals surface area contributed by atoms with Gasteiger partial charge in [-0.05, 0) is 45.7 Å². The van der Waals surface area contributed by atoms with Crippen molar-refractivity contribution in [2.45, 2.75) is 76.4 Å². The van der Waals surface area contributed by atoms with Gasteiger partial charge >= 0.3 is 0 Å². The van der Waals surface area contributed by atoms with Gasteiger partial charge in [-0.3, -0.25) is 4.79 Å². The highest BCUT2D eigenvalue weighted by atomic mass is 16.9. The first-order valence-electron chi connectivity index (χ1n) is 9.95. The van der Waals surface area contributed by atoms with E-state index in [4.69, 9.17) is 28.4 Å². The van der Waals surface area contributed by atoms with Crippen LogP contribution in [0.2, 0.25) is 0 Å². The molecule has 4 rings (SSSR count). The summed E-state index contributed by atoms with van der Waals surface area (Å²) in [5.41, 5.74) is 1.02. The highest BCUT2D eigenvalue weighted by Crippen LogP contribution is 2.44. The Morgan fingerprint density at radius 2 is 1.66 bits per heavy atom. The molecule has 0 spiro atoms. The van der Waals surface area contributed by atoms with Crippen molar-refractivity contribution < 1.29 is 33.2 Å². The maximum atomic E-state index is 12.9. The zero-order valence-electron chi connectivity index (χ0n) is 17.5. The number of fused-ring (bicyclic) bond motifs is 3. The van der Waals surface area contributed by atoms with E-state index in [-0.39, 0.29) is 5.91 Å². The lowest BCUT2D eigenvalue weighted by Crippen LogP contribution is -2.59. The van der Waals surface area contributed by atoms with Crippen LogP contribution in [0.1, 0.15) is 33.3 Å². The van der Waals surface area contributed by atoms with E-state index in [1.807, 2.05) is 52.0 Å². The second-order valence-electron chi connectivity index (χ2n) is 8.44. The molecule has 1 aromatic rings. The van der Waals surface area contributed by atoms with E-state index in [1.165, 1.54) is 0 Å². The van der Waals surface area contributed by atoms with Gasteiger partial charge in [0, 0.05) is 6.54 Å². The van der Waals surface area contributed by atoms with Gasteiger partial charge in [-0.2, -0.15) is 0 Å². The number of carbonyl (C=O) groups is 1. The summed E-state index contributed by atoms with van der Waals surface area (Å²) in [6.45, 7) is 7.70. The van der Waals surface area contributed by atoms with Crippen LogP contribution in [0.4, 0.5) is 0 Å². The highest BCUT2D eigenvalue weighted by molar-refractivity contribution is 5.81. The van der Waals surface area contributed by atoms with Crippen LogP contribution >= 0.6 is 0 Å². The molecule has 3 saturated heterocycles. The fourth-order valence-electron chi connectivity index (χ4n) is 4.15. The average molecular weight is 407 g/mol. The first-order chi connectivity index (χ1) is 13.7. The van der Waals surface area contributed by atoms with Gasteiger partial charge in [0.2, 0.25) is 0 Å². The molecule has 29 heavy (non-hydrogen) atoms. The Labute approximate surface area is 170 Å². The number of hydrogen-bond acceptors (Lipinski definition) is 7. The molecule has 8 nitrogen and oxygen atoms in total. The summed E-state index contributed by atoms with van der Waals surface area (Å²) >= 11 is 0. The molecular weight excluding hydrogens is 378 g/mol. The zero-order chi connectivity index (χ0) is 20.8. The van der Waals surface area contributed by atoms with Crippen molar-refractivity contribution in [3.63, 3.8) is 0 Å². The molecular formula is C21H29NO7. The third kappa shape index (κ3) is 4.13. The van der Waals surface area contributed by atoms with Gasteiger partial charge in [0.05, 0.1) is 7.11 Å². The predicted molar refractivity (Wildman–Crippen MR) is 102 cm³/mol. The molecule has 3 fully saturated rings. The van der Waals surface area contributed by atoms with Crippen LogP contribution in [-0.4, -0.2) is 61.8 Å². The number of amides is 1. The first kappa shape index (κ1) is 20.6. The van der Waals surface area contributed by atoms with Crippen LogP contribution in [0.15, 0.2) is 24.3 Å². The van der Waals surface area contributed by atoms with Crippen LogP contribution in [0, 0.1) is 0 Å². The Morgan fingerprint density at radius 3 is 2.41 bits per heavy atom. The fraction of sp³-hybridized carbons (Fsp3) is 0.667. The quantitative estimate of drug-likeness (QED) is 0.796. The lowest BCUT2D eigenvalue weighted by Gasteiger charge is -2.36. The van der Waals surface area contributed by atoms with Crippen molar-refractivity contribution in [3.05, 3.63) is 29.8 Å². The van der Waals surface area contributed by atoms with Crippen LogP contribution in [-0.2, 0) is 34.9 Å². The summed E-state index contributed by atoms with van der Waals surface area (Å²) in [5, 5.41) is 2.94. The first-order valence-corrected chi connectivity index (χ1v) is 9.95. The largest absolute Gasteiger partial charge is 0.496 e. The van der Waals surface area contributed by atoms with Gasteiger partial charge < -0.3 is 33.7 Å². The lowest BCUT2D eigenvalue weighted by molar-refractivity contribution is -0.231. The molecule has 3 heterocycles. The molecule has 3 aliphatic heterocycles. The number of para-hydroxylation sites is 1. The third-order valence-corrected chi connectivity index (χ3v) is 5.30. The van der Waals surface area contributed by atoms with Gasteiger partial charge in [0.1, 0.15) is 24.1 Å². The molecule has 160 valence electrons. The number of hydrogen-bond donors (Lipinski definition) is 1. The third-order valence-electron chi connectivity index (χ3n) is 5.30. The van der Waals surface area contributed by atoms with Gasteiger partial charge in [0.25, 0.3) is 5.91 Å². The van der Waals surface area contributed by atoms with Crippen LogP contribution < -0.4 is 10.1 Å². The van der Waals surface area contributed by atoms with E-state index >= 15 is 0 Å². The number of methoxy groups -OCH3 is 1. The minimum Gasteiger partial charge on any atom is -0.496 e. The Balaban J connectivity index is 1.43. The van der Waals surface area contributed by atoms with E-state index in [1.54, 1.807) is 7.11 Å². The standard InChI is InChI=1S/C21H29NO7/c1-20(2)26-14-15(27-20)17-19(29-21(3,4)28-17)25-16(14)18(23)22-11-10-12-8-6-7-9-13(12)24-5/h6-9,14-17,19H,10-11H2,1-5H3,(H,22,23)/t14-,15+,16-,17-,19-/m1/s1. The number of carbonyl (C=O) groups excluding carboxylic acids is 1. The molecule has 5 atom stereocenters. The SMILES string of the molecule is COc1ccccc1CCNC(=O)[C@@H]1O[C@@H]2OC(C)(C)O[C@@H]2[C@H]2OC(C)(C)O[C@H]21. The van der Waals surface area contributed by atoms with Gasteiger partial charge in [0.15, 0.2) is 24.0 Å². The Hall–Kier alpha value is -1.71. The van der Waals surface area contributed by atoms with E-state index < -0.39 is 42.3 Å². The molecule has 0 aromatic heterocycles. The van der Waals surface area contributed by atoms with Gasteiger partial charge in [-0.25, -0.2) is 0 Å². The normalized spacial score (nSPS) is 34.3. The van der Waals surface area contributed by atoms with Gasteiger partial charge in [-0.15, -0.1) is 0 Å². The molecule has 0 unspecified atom stereocenters. The summed E-state index contributed by atoms with van der Waals surface area (Å²) in [6, 6.07) is 7.74. The molecule has 1 amide bonds. The van der Waals surface area contributed by atoms with E-state index in [0.717, 1.165) is 11.3 Å². The van der Waals surface area contributed by atoms with Crippen molar-refractivity contribution in [1.29, 1.82) is 0 Å². The summed E-state index contributed by atoms with van der Waals surface area (Å²) in [7, 11) is 1.63. The van der Waals surface area contributed by atoms with Crippen LogP contribution in [0.5, 0.6) is 5.75 Å². The smallest absolute Gasteiger partial charge is 0.252 e. The lowest BCUT2D eigenvalue weighted by atomic mass is 9.98. The molecule has 1 aromatic carbocycles. The summed E-state index contributed by atoms with van der Waals surface area (Å²) in [4.78, 5) is 12.9. The van der Waals surface area contributed by atoms with Crippen molar-refractivity contribution in [1.82, 2.24) is 5.32 Å². The zero-order valence-corrected chi connectivity index (χ0v) is 17.5. The molecule has 0 bridgehead atoms. The monoisotopic (exact) mass is 407 g/mol. The average Bonchev–Trinajstić information content (AvgIpc) is 3.15. The maximum Gasteiger partial charge on any atom is 0.252 e. The molecule has 0 aliphatic carbocycles. The van der Waals surface area contributed by atoms with Crippen LogP contribution in [0.25, 0.3) is 0 Å². The Bertz CT molecular complexity index is 765. The molecule has 0 saturated carbocycles. The minimum absolute atomic E-state index is 0.261. The van der Waals surface area contributed by atoms with E-state index in [2.05, 4.69) is 5.32 Å². The van der Waals surface area contributed by atoms with E-state index in [9.17, 15) is 4.79 Å². The number of ether oxygens (including phenoxy) is 6. The molecule has 0 radical (unpaired) electrons. The molecule has 1 N–H and O–H groups in total. The number of rotatable bonds is 5. The summed E-state index contributed by atoms with van der Waals surface area (Å²) in [6.07, 6.45) is -2.37. The predicted octanol–water partition coefficient (Wildman–Crippen LogP) is 1.75. The number of benzene rings is 1. The molecule has 8 heteroatoms. The van der Waals surface area contributed by atoms with Gasteiger partial charge in [-0.1, -0.05) is 18.2 Å². The van der Waals surface area contributed by atoms with Crippen molar-refractivity contribution >= 4 is 5.91 Å². The van der Waals surface area contributed by atoms with Crippen molar-refractivity contribution in [2.24, 2.45) is 0 Å².